The number of nitrogens with zero attached hydrogens (tertiary/aromatic N) is 2. The molecule has 2 heterocycles. The number of hydrogen-bond donors (Lipinski definition) is 0. The molecule has 0 aliphatic heterocycles. The average molecular weight is 967 g/mol. The molecule has 0 atom stereocenters. The number of benzene rings is 11. The van der Waals surface area contributed by atoms with Crippen LogP contribution < -0.4 is 4.90 Å². The van der Waals surface area contributed by atoms with Crippen molar-refractivity contribution in [3.8, 4) is 50.2 Å². The Labute approximate surface area is 439 Å². The van der Waals surface area contributed by atoms with Crippen LogP contribution in [0.15, 0.2) is 247 Å². The predicted octanol–water partition coefficient (Wildman–Crippen LogP) is 20.6. The van der Waals surface area contributed by atoms with E-state index in [1.165, 1.54) is 66.0 Å². The van der Waals surface area contributed by atoms with E-state index in [0.717, 1.165) is 66.9 Å². The first-order valence-corrected chi connectivity index (χ1v) is 26.2. The van der Waals surface area contributed by atoms with E-state index >= 15 is 0 Å². The first-order chi connectivity index (χ1) is 36.5. The van der Waals surface area contributed by atoms with Gasteiger partial charge in [-0.05, 0) is 115 Å². The maximum Gasteiger partial charge on any atom is 0.143 e. The highest BCUT2D eigenvalue weighted by Crippen LogP contribution is 2.48. The molecule has 0 fully saturated rings. The molecule has 13 aromatic rings. The fourth-order valence-corrected chi connectivity index (χ4v) is 11.5. The molecule has 3 nitrogen and oxygen atoms in total. The van der Waals surface area contributed by atoms with Gasteiger partial charge in [-0.2, -0.15) is 0 Å². The van der Waals surface area contributed by atoms with E-state index in [-0.39, 0.29) is 10.8 Å². The van der Waals surface area contributed by atoms with Gasteiger partial charge in [-0.15, -0.1) is 0 Å². The minimum absolute atomic E-state index is 0.0286. The van der Waals surface area contributed by atoms with Crippen molar-refractivity contribution in [2.75, 3.05) is 4.90 Å². The third-order valence-electron chi connectivity index (χ3n) is 15.3. The van der Waals surface area contributed by atoms with Gasteiger partial charge in [0.2, 0.25) is 0 Å². The SMILES string of the molecule is CC(C)(C)c1cc(-c2cccc3cccc(-c4ccccc4N(c4cccc(-c5cccc6c5oc5ccccc56)c4)c4cccc(-c5cccc6c7ccccc7n(-c7ccccc7)c56)c4)c23)cc(C(C)(C)C)c1. The summed E-state index contributed by atoms with van der Waals surface area (Å²) in [6.45, 7) is 13.9. The van der Waals surface area contributed by atoms with Crippen molar-refractivity contribution in [1.82, 2.24) is 4.57 Å². The Bertz CT molecular complexity index is 4290. The molecule has 0 unspecified atom stereocenters. The second-order valence-electron chi connectivity index (χ2n) is 22.1. The van der Waals surface area contributed by atoms with Crippen LogP contribution in [0, 0.1) is 0 Å². The van der Waals surface area contributed by atoms with Gasteiger partial charge in [-0.1, -0.05) is 230 Å². The van der Waals surface area contributed by atoms with Crippen molar-refractivity contribution in [3.63, 3.8) is 0 Å². The largest absolute Gasteiger partial charge is 0.455 e. The van der Waals surface area contributed by atoms with Gasteiger partial charge in [0.1, 0.15) is 11.2 Å². The summed E-state index contributed by atoms with van der Waals surface area (Å²) in [6.07, 6.45) is 0. The molecule has 0 saturated heterocycles. The zero-order valence-corrected chi connectivity index (χ0v) is 43.4. The molecule has 75 heavy (non-hydrogen) atoms. The van der Waals surface area contributed by atoms with Crippen LogP contribution >= 0.6 is 0 Å². The summed E-state index contributed by atoms with van der Waals surface area (Å²) in [5.74, 6) is 0. The molecular formula is C72H58N2O. The summed E-state index contributed by atoms with van der Waals surface area (Å²) in [5.41, 5.74) is 20.3. The Morgan fingerprint density at radius 3 is 1.63 bits per heavy atom. The van der Waals surface area contributed by atoms with Crippen LogP contribution in [0.3, 0.4) is 0 Å². The lowest BCUT2D eigenvalue weighted by molar-refractivity contribution is 0.569. The summed E-state index contributed by atoms with van der Waals surface area (Å²) in [5, 5.41) is 7.12. The van der Waals surface area contributed by atoms with E-state index in [2.05, 4.69) is 288 Å². The lowest BCUT2D eigenvalue weighted by atomic mass is 9.78. The second-order valence-corrected chi connectivity index (χ2v) is 22.1. The minimum atomic E-state index is -0.0286. The molecule has 0 aliphatic carbocycles. The third kappa shape index (κ3) is 7.99. The molecule has 11 aromatic carbocycles. The Kier molecular flexibility index (Phi) is 11.0. The molecule has 0 aliphatic rings. The number of para-hydroxylation sites is 6. The first-order valence-electron chi connectivity index (χ1n) is 26.2. The van der Waals surface area contributed by atoms with Crippen molar-refractivity contribution in [3.05, 3.63) is 254 Å². The topological polar surface area (TPSA) is 21.3 Å². The second kappa shape index (κ2) is 17.9. The number of rotatable bonds is 8. The summed E-state index contributed by atoms with van der Waals surface area (Å²) in [4.78, 5) is 2.47. The van der Waals surface area contributed by atoms with Crippen LogP contribution in [0.2, 0.25) is 0 Å². The van der Waals surface area contributed by atoms with Crippen molar-refractivity contribution in [1.29, 1.82) is 0 Å². The number of anilines is 3. The fourth-order valence-electron chi connectivity index (χ4n) is 11.5. The summed E-state index contributed by atoms with van der Waals surface area (Å²) < 4.78 is 9.10. The Balaban J connectivity index is 1.05. The smallest absolute Gasteiger partial charge is 0.143 e. The van der Waals surface area contributed by atoms with Gasteiger partial charge in [-0.25, -0.2) is 0 Å². The van der Waals surface area contributed by atoms with Crippen LogP contribution in [0.1, 0.15) is 52.7 Å². The van der Waals surface area contributed by atoms with Crippen molar-refractivity contribution in [2.24, 2.45) is 0 Å². The molecular weight excluding hydrogens is 909 g/mol. The highest BCUT2D eigenvalue weighted by atomic mass is 16.3. The quantitative estimate of drug-likeness (QED) is 0.151. The lowest BCUT2D eigenvalue weighted by Crippen LogP contribution is -2.16. The molecule has 0 bridgehead atoms. The van der Waals surface area contributed by atoms with Gasteiger partial charge < -0.3 is 13.9 Å². The zero-order chi connectivity index (χ0) is 51.0. The molecule has 362 valence electrons. The molecule has 0 radical (unpaired) electrons. The van der Waals surface area contributed by atoms with E-state index in [9.17, 15) is 0 Å². The van der Waals surface area contributed by atoms with Gasteiger partial charge in [-0.3, -0.25) is 0 Å². The van der Waals surface area contributed by atoms with Crippen molar-refractivity contribution < 1.29 is 4.42 Å². The highest BCUT2D eigenvalue weighted by molar-refractivity contribution is 6.15. The Hall–Kier alpha value is -8.92. The van der Waals surface area contributed by atoms with Crippen molar-refractivity contribution >= 4 is 71.6 Å². The number of furan rings is 1. The average Bonchev–Trinajstić information content (AvgIpc) is 4.00. The molecule has 0 spiro atoms. The van der Waals surface area contributed by atoms with Gasteiger partial charge in [0.25, 0.3) is 0 Å². The Morgan fingerprint density at radius 2 is 0.907 bits per heavy atom. The Morgan fingerprint density at radius 1 is 0.373 bits per heavy atom. The minimum Gasteiger partial charge on any atom is -0.455 e. The van der Waals surface area contributed by atoms with E-state index in [0.29, 0.717) is 0 Å². The van der Waals surface area contributed by atoms with Gasteiger partial charge in [0.15, 0.2) is 0 Å². The monoisotopic (exact) mass is 966 g/mol. The lowest BCUT2D eigenvalue weighted by Gasteiger charge is -2.29. The van der Waals surface area contributed by atoms with Gasteiger partial charge in [0.05, 0.1) is 16.7 Å². The number of aromatic nitrogens is 1. The molecule has 0 N–H and O–H groups in total. The fraction of sp³-hybridized carbons (Fsp3) is 0.111. The molecule has 3 heteroatoms. The first kappa shape index (κ1) is 45.9. The van der Waals surface area contributed by atoms with Crippen LogP contribution in [0.4, 0.5) is 17.1 Å². The predicted molar refractivity (Wildman–Crippen MR) is 319 cm³/mol. The van der Waals surface area contributed by atoms with Crippen LogP contribution in [-0.2, 0) is 10.8 Å². The molecule has 13 rings (SSSR count). The van der Waals surface area contributed by atoms with Crippen LogP contribution in [-0.4, -0.2) is 4.57 Å². The molecule has 2 aromatic heterocycles. The maximum absolute atomic E-state index is 6.67. The van der Waals surface area contributed by atoms with Gasteiger partial charge >= 0.3 is 0 Å². The number of fused-ring (bicyclic) bond motifs is 7. The van der Waals surface area contributed by atoms with E-state index in [1.807, 2.05) is 6.07 Å². The molecule has 0 amide bonds. The van der Waals surface area contributed by atoms with E-state index in [4.69, 9.17) is 4.42 Å². The van der Waals surface area contributed by atoms with Crippen LogP contribution in [0.5, 0.6) is 0 Å². The molecule has 0 saturated carbocycles. The highest BCUT2D eigenvalue weighted by Gasteiger charge is 2.25. The summed E-state index contributed by atoms with van der Waals surface area (Å²) in [7, 11) is 0. The van der Waals surface area contributed by atoms with Gasteiger partial charge in [0, 0.05) is 55.3 Å². The third-order valence-corrected chi connectivity index (χ3v) is 15.3. The standard InChI is InChI=1S/C72H58N2O/c1-71(2,3)51-42-50(43-52(46-51)72(4,5)6)56-33-18-22-47-23-19-36-62(68(47)56)59-30-10-13-39-65(59)73(55-29-17-25-49(45-55)58-35-21-38-64-61-32-12-15-41-67(61)75-70(58)64)54-28-16-24-48(44-54)57-34-20-37-63-60-31-11-14-40-66(60)74(69(57)63)53-26-8-7-9-27-53/h7-46H,1-6H3. The summed E-state index contributed by atoms with van der Waals surface area (Å²) >= 11 is 0. The van der Waals surface area contributed by atoms with E-state index < -0.39 is 0 Å². The van der Waals surface area contributed by atoms with Crippen LogP contribution in [0.25, 0.3) is 105 Å². The number of hydrogen-bond acceptors (Lipinski definition) is 2. The summed E-state index contributed by atoms with van der Waals surface area (Å²) in [6, 6.07) is 89.1. The normalized spacial score (nSPS) is 12.1. The zero-order valence-electron chi connectivity index (χ0n) is 43.4. The van der Waals surface area contributed by atoms with Crippen molar-refractivity contribution in [2.45, 2.75) is 52.4 Å². The maximum atomic E-state index is 6.67. The van der Waals surface area contributed by atoms with E-state index in [1.54, 1.807) is 0 Å².